The van der Waals surface area contributed by atoms with Crippen molar-refractivity contribution in [1.29, 1.82) is 0 Å². The van der Waals surface area contributed by atoms with Crippen molar-refractivity contribution in [3.05, 3.63) is 29.8 Å². The predicted octanol–water partition coefficient (Wildman–Crippen LogP) is 3.34. The van der Waals surface area contributed by atoms with Crippen LogP contribution in [0.1, 0.15) is 56.3 Å². The van der Waals surface area contributed by atoms with Gasteiger partial charge in [0.2, 0.25) is 5.91 Å². The van der Waals surface area contributed by atoms with Crippen molar-refractivity contribution in [3.8, 4) is 5.75 Å². The van der Waals surface area contributed by atoms with Crippen molar-refractivity contribution in [2.24, 2.45) is 5.92 Å². The highest BCUT2D eigenvalue weighted by molar-refractivity contribution is 5.94. The lowest BCUT2D eigenvalue weighted by Gasteiger charge is -2.25. The summed E-state index contributed by atoms with van der Waals surface area (Å²) in [5, 5.41) is 0. The van der Waals surface area contributed by atoms with Crippen LogP contribution in [0.2, 0.25) is 0 Å². The molecule has 2 saturated heterocycles. The van der Waals surface area contributed by atoms with E-state index in [2.05, 4.69) is 13.8 Å². The summed E-state index contributed by atoms with van der Waals surface area (Å²) in [7, 11) is 0. The zero-order valence-electron chi connectivity index (χ0n) is 15.9. The van der Waals surface area contributed by atoms with Gasteiger partial charge in [-0.1, -0.05) is 13.8 Å². The maximum atomic E-state index is 12.4. The van der Waals surface area contributed by atoms with E-state index < -0.39 is 0 Å². The number of likely N-dealkylation sites (tertiary alicyclic amines) is 2. The Kier molecular flexibility index (Phi) is 6.17. The predicted molar refractivity (Wildman–Crippen MR) is 101 cm³/mol. The summed E-state index contributed by atoms with van der Waals surface area (Å²) in [4.78, 5) is 28.6. The summed E-state index contributed by atoms with van der Waals surface area (Å²) in [5.41, 5.74) is 0.717. The Morgan fingerprint density at radius 3 is 2.42 bits per heavy atom. The van der Waals surface area contributed by atoms with Gasteiger partial charge in [-0.05, 0) is 55.9 Å². The van der Waals surface area contributed by atoms with Crippen LogP contribution in [0.4, 0.5) is 0 Å². The second-order valence-corrected chi connectivity index (χ2v) is 7.82. The minimum atomic E-state index is 0.107. The van der Waals surface area contributed by atoms with E-state index in [-0.39, 0.29) is 17.9 Å². The molecular weight excluding hydrogens is 328 g/mol. The Bertz CT molecular complexity index is 621. The van der Waals surface area contributed by atoms with Gasteiger partial charge in [-0.2, -0.15) is 0 Å². The van der Waals surface area contributed by atoms with Crippen LogP contribution < -0.4 is 4.74 Å². The number of benzene rings is 1. The second-order valence-electron chi connectivity index (χ2n) is 7.82. The van der Waals surface area contributed by atoms with Gasteiger partial charge in [-0.15, -0.1) is 0 Å². The van der Waals surface area contributed by atoms with Gasteiger partial charge in [0, 0.05) is 31.6 Å². The van der Waals surface area contributed by atoms with E-state index in [1.165, 1.54) is 0 Å². The van der Waals surface area contributed by atoms with Crippen LogP contribution in [-0.4, -0.2) is 53.9 Å². The molecule has 26 heavy (non-hydrogen) atoms. The van der Waals surface area contributed by atoms with Gasteiger partial charge in [0.1, 0.15) is 12.4 Å². The molecule has 2 aliphatic heterocycles. The van der Waals surface area contributed by atoms with Crippen LogP contribution in [0.15, 0.2) is 24.3 Å². The molecule has 2 amide bonds. The number of rotatable bonds is 6. The van der Waals surface area contributed by atoms with Crippen LogP contribution >= 0.6 is 0 Å². The first-order chi connectivity index (χ1) is 12.5. The van der Waals surface area contributed by atoms with E-state index in [0.717, 1.165) is 51.1 Å². The summed E-state index contributed by atoms with van der Waals surface area (Å²) < 4.78 is 5.92. The van der Waals surface area contributed by atoms with Gasteiger partial charge in [0.05, 0.1) is 6.04 Å². The normalized spacial score (nSPS) is 20.0. The van der Waals surface area contributed by atoms with E-state index >= 15 is 0 Å². The first-order valence-corrected chi connectivity index (χ1v) is 9.86. The number of carbonyl (C=O) groups excluding carboxylic acids is 2. The zero-order chi connectivity index (χ0) is 18.5. The quantitative estimate of drug-likeness (QED) is 0.784. The minimum absolute atomic E-state index is 0.107. The molecule has 0 aromatic heterocycles. The molecule has 2 fully saturated rings. The topological polar surface area (TPSA) is 49.9 Å². The average Bonchev–Trinajstić information content (AvgIpc) is 3.31. The number of amides is 2. The molecule has 1 aromatic carbocycles. The highest BCUT2D eigenvalue weighted by atomic mass is 16.5. The van der Waals surface area contributed by atoms with Crippen molar-refractivity contribution in [2.75, 3.05) is 26.2 Å². The molecule has 142 valence electrons. The average molecular weight is 358 g/mol. The molecule has 0 N–H and O–H groups in total. The summed E-state index contributed by atoms with van der Waals surface area (Å²) in [5.74, 6) is 1.48. The molecule has 5 nitrogen and oxygen atoms in total. The molecule has 0 radical (unpaired) electrons. The molecule has 2 heterocycles. The highest BCUT2D eigenvalue weighted by Gasteiger charge is 2.29. The number of ether oxygens (including phenoxy) is 1. The van der Waals surface area contributed by atoms with Gasteiger partial charge >= 0.3 is 0 Å². The SMILES string of the molecule is CC(C)CC(=O)N1CCCC1COc1ccc(C(=O)N2CCCC2)cc1. The molecule has 0 spiro atoms. The summed E-state index contributed by atoms with van der Waals surface area (Å²) in [6.45, 7) is 7.22. The Balaban J connectivity index is 1.52. The van der Waals surface area contributed by atoms with Crippen molar-refractivity contribution in [3.63, 3.8) is 0 Å². The third-order valence-electron chi connectivity index (χ3n) is 5.22. The number of nitrogens with zero attached hydrogens (tertiary/aromatic N) is 2. The fourth-order valence-corrected chi connectivity index (χ4v) is 3.79. The third kappa shape index (κ3) is 4.57. The van der Waals surface area contributed by atoms with Gasteiger partial charge < -0.3 is 14.5 Å². The van der Waals surface area contributed by atoms with Crippen LogP contribution in [0.3, 0.4) is 0 Å². The Morgan fingerprint density at radius 1 is 1.08 bits per heavy atom. The minimum Gasteiger partial charge on any atom is -0.491 e. The standard InChI is InChI=1S/C21H30N2O3/c1-16(2)14-20(24)23-13-5-6-18(23)15-26-19-9-7-17(8-10-19)21(25)22-11-3-4-12-22/h7-10,16,18H,3-6,11-15H2,1-2H3. The van der Waals surface area contributed by atoms with Crippen molar-refractivity contribution >= 4 is 11.8 Å². The highest BCUT2D eigenvalue weighted by Crippen LogP contribution is 2.22. The number of hydrogen-bond acceptors (Lipinski definition) is 3. The molecule has 1 atom stereocenters. The van der Waals surface area contributed by atoms with Gasteiger partial charge in [-0.25, -0.2) is 0 Å². The van der Waals surface area contributed by atoms with Gasteiger partial charge in [0.25, 0.3) is 5.91 Å². The second kappa shape index (κ2) is 8.56. The Hall–Kier alpha value is -2.04. The summed E-state index contributed by atoms with van der Waals surface area (Å²) in [6.07, 6.45) is 4.83. The lowest BCUT2D eigenvalue weighted by molar-refractivity contribution is -0.133. The number of hydrogen-bond donors (Lipinski definition) is 0. The van der Waals surface area contributed by atoms with E-state index in [1.807, 2.05) is 34.1 Å². The molecule has 0 aliphatic carbocycles. The van der Waals surface area contributed by atoms with Gasteiger partial charge in [-0.3, -0.25) is 9.59 Å². The summed E-state index contributed by atoms with van der Waals surface area (Å²) in [6, 6.07) is 7.56. The molecule has 5 heteroatoms. The first-order valence-electron chi connectivity index (χ1n) is 9.86. The Labute approximate surface area is 156 Å². The van der Waals surface area contributed by atoms with E-state index in [0.29, 0.717) is 24.5 Å². The summed E-state index contributed by atoms with van der Waals surface area (Å²) >= 11 is 0. The molecule has 2 aliphatic rings. The van der Waals surface area contributed by atoms with Crippen molar-refractivity contribution in [1.82, 2.24) is 9.80 Å². The molecule has 3 rings (SSSR count). The molecule has 0 bridgehead atoms. The van der Waals surface area contributed by atoms with Crippen LogP contribution in [0.25, 0.3) is 0 Å². The first kappa shape index (κ1) is 18.7. The smallest absolute Gasteiger partial charge is 0.253 e. The monoisotopic (exact) mass is 358 g/mol. The van der Waals surface area contributed by atoms with Crippen LogP contribution in [-0.2, 0) is 4.79 Å². The third-order valence-corrected chi connectivity index (χ3v) is 5.22. The van der Waals surface area contributed by atoms with Crippen molar-refractivity contribution in [2.45, 2.75) is 52.0 Å². The maximum Gasteiger partial charge on any atom is 0.253 e. The fourth-order valence-electron chi connectivity index (χ4n) is 3.79. The fraction of sp³-hybridized carbons (Fsp3) is 0.619. The van der Waals surface area contributed by atoms with E-state index in [4.69, 9.17) is 4.74 Å². The molecule has 1 aromatic rings. The van der Waals surface area contributed by atoms with Crippen molar-refractivity contribution < 1.29 is 14.3 Å². The maximum absolute atomic E-state index is 12.4. The zero-order valence-corrected chi connectivity index (χ0v) is 15.9. The number of carbonyl (C=O) groups is 2. The Morgan fingerprint density at radius 2 is 1.77 bits per heavy atom. The molecular formula is C21H30N2O3. The molecule has 0 saturated carbocycles. The largest absolute Gasteiger partial charge is 0.491 e. The molecule has 1 unspecified atom stereocenters. The van der Waals surface area contributed by atoms with E-state index in [9.17, 15) is 9.59 Å². The van der Waals surface area contributed by atoms with Crippen LogP contribution in [0.5, 0.6) is 5.75 Å². The van der Waals surface area contributed by atoms with Gasteiger partial charge in [0.15, 0.2) is 0 Å². The van der Waals surface area contributed by atoms with E-state index in [1.54, 1.807) is 0 Å². The van der Waals surface area contributed by atoms with Crippen LogP contribution in [0, 0.1) is 5.92 Å². The lowest BCUT2D eigenvalue weighted by Crippen LogP contribution is -2.39. The lowest BCUT2D eigenvalue weighted by atomic mass is 10.1.